The summed E-state index contributed by atoms with van der Waals surface area (Å²) in [6.07, 6.45) is 1.20. The third kappa shape index (κ3) is 4.42. The van der Waals surface area contributed by atoms with Gasteiger partial charge in [0, 0.05) is 22.6 Å². The number of carbonyl (C=O) groups is 2. The molecule has 0 atom stereocenters. The van der Waals surface area contributed by atoms with Gasteiger partial charge in [-0.1, -0.05) is 19.1 Å². The van der Waals surface area contributed by atoms with Gasteiger partial charge in [-0.2, -0.15) is 0 Å². The van der Waals surface area contributed by atoms with E-state index in [2.05, 4.69) is 5.32 Å². The zero-order chi connectivity index (χ0) is 12.7. The van der Waals surface area contributed by atoms with E-state index in [1.54, 1.807) is 17.3 Å². The van der Waals surface area contributed by atoms with Crippen LogP contribution in [0.15, 0.2) is 24.3 Å². The Morgan fingerprint density at radius 3 is 2.56 bits per heavy atom. The first-order valence-electron chi connectivity index (χ1n) is 5.46. The molecular weight excluding hydrogens is 236 g/mol. The summed E-state index contributed by atoms with van der Waals surface area (Å²) < 4.78 is 0. The standard InChI is InChI=1S/C12H14N2O3.H2O/c1-2-5-9(15)8-13-12(16)10-6-3-4-7-11(10)14-17;/h3-4,6-7H,2,5,8H2,1H3,(H,13,16);1H2. The lowest BCUT2D eigenvalue weighted by Gasteiger charge is -2.03. The van der Waals surface area contributed by atoms with E-state index >= 15 is 0 Å². The van der Waals surface area contributed by atoms with E-state index in [9.17, 15) is 14.5 Å². The van der Waals surface area contributed by atoms with Crippen LogP contribution in [0.25, 0.3) is 0 Å². The smallest absolute Gasteiger partial charge is 0.266 e. The summed E-state index contributed by atoms with van der Waals surface area (Å²) in [7, 11) is 0. The molecule has 18 heavy (non-hydrogen) atoms. The average Bonchev–Trinajstić information content (AvgIpc) is 2.36. The van der Waals surface area contributed by atoms with E-state index < -0.39 is 5.91 Å². The summed E-state index contributed by atoms with van der Waals surface area (Å²) in [6, 6.07) is 6.35. The van der Waals surface area contributed by atoms with Crippen LogP contribution in [0.4, 0.5) is 5.69 Å². The van der Waals surface area contributed by atoms with Crippen LogP contribution < -0.4 is 10.5 Å². The van der Waals surface area contributed by atoms with E-state index in [1.807, 2.05) is 6.92 Å². The molecule has 0 unspecified atom stereocenters. The van der Waals surface area contributed by atoms with Crippen molar-refractivity contribution in [1.29, 1.82) is 0 Å². The first kappa shape index (κ1) is 15.9. The molecule has 6 heteroatoms. The minimum atomic E-state index is -0.423. The molecule has 0 aliphatic rings. The minimum Gasteiger partial charge on any atom is -0.870 e. The van der Waals surface area contributed by atoms with Gasteiger partial charge in [-0.25, -0.2) is 0 Å². The highest BCUT2D eigenvalue weighted by atomic mass is 16.3. The molecule has 98 valence electrons. The highest BCUT2D eigenvalue weighted by molar-refractivity contribution is 5.99. The highest BCUT2D eigenvalue weighted by Crippen LogP contribution is 2.08. The molecule has 1 rings (SSSR count). The van der Waals surface area contributed by atoms with Crippen LogP contribution in [-0.2, 0) is 4.79 Å². The molecule has 0 saturated carbocycles. The van der Waals surface area contributed by atoms with Crippen molar-refractivity contribution in [2.45, 2.75) is 19.8 Å². The van der Waals surface area contributed by atoms with Gasteiger partial charge in [0.2, 0.25) is 0 Å². The van der Waals surface area contributed by atoms with E-state index in [1.165, 1.54) is 12.1 Å². The Hall–Kier alpha value is -2.08. The molecule has 3 N–H and O–H groups in total. The topological polar surface area (TPSA) is 107 Å². The lowest BCUT2D eigenvalue weighted by Crippen LogP contribution is -2.57. The Morgan fingerprint density at radius 2 is 1.94 bits per heavy atom. The molecule has 0 saturated heterocycles. The maximum absolute atomic E-state index is 11.7. The zero-order valence-electron chi connectivity index (χ0n) is 10.1. The van der Waals surface area contributed by atoms with Crippen LogP contribution in [0, 0.1) is 4.91 Å². The fourth-order valence-corrected chi connectivity index (χ4v) is 1.41. The Kier molecular flexibility index (Phi) is 7.14. The van der Waals surface area contributed by atoms with Gasteiger partial charge in [0.05, 0.1) is 6.54 Å². The number of nitrogens with one attached hydrogen (secondary N) is 2. The zero-order valence-corrected chi connectivity index (χ0v) is 10.1. The predicted molar refractivity (Wildman–Crippen MR) is 64.6 cm³/mol. The van der Waals surface area contributed by atoms with Gasteiger partial charge >= 0.3 is 0 Å². The molecule has 0 bridgehead atoms. The lowest BCUT2D eigenvalue weighted by atomic mass is 10.1. The monoisotopic (exact) mass is 252 g/mol. The van der Waals surface area contributed by atoms with Crippen molar-refractivity contribution in [3.8, 4) is 0 Å². The SMILES string of the molecule is CCCC(=O)CNC(=O)c1ccccc1[NH+]=O.[OH-]. The van der Waals surface area contributed by atoms with Crippen molar-refractivity contribution >= 4 is 17.4 Å². The molecule has 0 aromatic heterocycles. The molecule has 0 fully saturated rings. The van der Waals surface area contributed by atoms with Crippen molar-refractivity contribution < 1.29 is 20.2 Å². The molecule has 6 nitrogen and oxygen atoms in total. The predicted octanol–water partition coefficient (Wildman–Crippen LogP) is 0.0873. The molecule has 1 aromatic rings. The fourth-order valence-electron chi connectivity index (χ4n) is 1.41. The summed E-state index contributed by atoms with van der Waals surface area (Å²) in [5.41, 5.74) is 0.444. The number of nitroso groups, excluding NO2 is 1. The number of Topliss-reactive ketones (excluding diaryl/α,β-unsaturated/α-hetero) is 1. The Bertz CT molecular complexity index is 432. The molecular formula is C12H16N2O4. The second kappa shape index (κ2) is 8.08. The molecule has 1 aromatic carbocycles. The van der Waals surface area contributed by atoms with Crippen LogP contribution >= 0.6 is 0 Å². The number of ketones is 1. The van der Waals surface area contributed by atoms with Gasteiger partial charge in [-0.05, 0) is 12.5 Å². The van der Waals surface area contributed by atoms with Crippen molar-refractivity contribution in [3.05, 3.63) is 34.7 Å². The summed E-state index contributed by atoms with van der Waals surface area (Å²) >= 11 is 0. The van der Waals surface area contributed by atoms with Gasteiger partial charge in [0.25, 0.3) is 11.6 Å². The van der Waals surface area contributed by atoms with Crippen molar-refractivity contribution in [2.24, 2.45) is 0 Å². The minimum absolute atomic E-state index is 0. The number of para-hydroxylation sites is 1. The van der Waals surface area contributed by atoms with E-state index in [0.717, 1.165) is 6.42 Å². The number of benzene rings is 1. The first-order chi connectivity index (χ1) is 8.19. The average molecular weight is 252 g/mol. The van der Waals surface area contributed by atoms with E-state index in [-0.39, 0.29) is 29.1 Å². The molecule has 0 aliphatic heterocycles. The van der Waals surface area contributed by atoms with E-state index in [4.69, 9.17) is 0 Å². The van der Waals surface area contributed by atoms with Gasteiger partial charge in [0.15, 0.2) is 5.78 Å². The van der Waals surface area contributed by atoms with Gasteiger partial charge in [0.1, 0.15) is 5.56 Å². The van der Waals surface area contributed by atoms with Crippen LogP contribution in [0.5, 0.6) is 0 Å². The number of carbonyl (C=O) groups excluding carboxylic acids is 2. The largest absolute Gasteiger partial charge is 0.870 e. The maximum Gasteiger partial charge on any atom is 0.266 e. The number of amides is 1. The van der Waals surface area contributed by atoms with Crippen LogP contribution in [0.3, 0.4) is 0 Å². The van der Waals surface area contributed by atoms with Crippen LogP contribution in [0.1, 0.15) is 30.1 Å². The molecule has 0 radical (unpaired) electrons. The van der Waals surface area contributed by atoms with Crippen LogP contribution in [0.2, 0.25) is 0 Å². The molecule has 0 aliphatic carbocycles. The Balaban J connectivity index is 0.00000289. The van der Waals surface area contributed by atoms with Gasteiger partial charge in [-0.15, -0.1) is 0 Å². The van der Waals surface area contributed by atoms with Gasteiger partial charge in [-0.3, -0.25) is 9.59 Å². The van der Waals surface area contributed by atoms with E-state index in [0.29, 0.717) is 6.42 Å². The second-order valence-electron chi connectivity index (χ2n) is 3.62. The lowest BCUT2D eigenvalue weighted by molar-refractivity contribution is -0.379. The second-order valence-corrected chi connectivity index (χ2v) is 3.62. The number of hydrogen-bond donors (Lipinski definition) is 2. The third-order valence-corrected chi connectivity index (χ3v) is 2.26. The molecule has 0 heterocycles. The molecule has 1 amide bonds. The quantitative estimate of drug-likeness (QED) is 0.747. The Labute approximate surface area is 105 Å². The van der Waals surface area contributed by atoms with Crippen LogP contribution in [-0.4, -0.2) is 23.7 Å². The normalized spacial score (nSPS) is 9.17. The summed E-state index contributed by atoms with van der Waals surface area (Å²) in [5.74, 6) is -0.443. The third-order valence-electron chi connectivity index (χ3n) is 2.26. The fraction of sp³-hybridized carbons (Fsp3) is 0.333. The number of hydrogen-bond acceptors (Lipinski definition) is 4. The summed E-state index contributed by atoms with van der Waals surface area (Å²) in [4.78, 5) is 33.5. The summed E-state index contributed by atoms with van der Waals surface area (Å²) in [6.45, 7) is 1.90. The summed E-state index contributed by atoms with van der Waals surface area (Å²) in [5, 5.41) is 4.18. The van der Waals surface area contributed by atoms with Gasteiger partial charge < -0.3 is 10.8 Å². The maximum atomic E-state index is 11.7. The van der Waals surface area contributed by atoms with Crippen molar-refractivity contribution in [1.82, 2.24) is 5.32 Å². The number of rotatable bonds is 6. The van der Waals surface area contributed by atoms with Crippen molar-refractivity contribution in [2.75, 3.05) is 6.54 Å². The highest BCUT2D eigenvalue weighted by Gasteiger charge is 2.15. The Morgan fingerprint density at radius 1 is 1.28 bits per heavy atom. The first-order valence-corrected chi connectivity index (χ1v) is 5.46. The van der Waals surface area contributed by atoms with Crippen molar-refractivity contribution in [3.63, 3.8) is 0 Å². The molecule has 0 spiro atoms.